The maximum absolute atomic E-state index is 12.4. The van der Waals surface area contributed by atoms with Crippen molar-refractivity contribution in [2.75, 3.05) is 11.9 Å². The molecule has 0 heterocycles. The first-order valence-electron chi connectivity index (χ1n) is 7.55. The highest BCUT2D eigenvalue weighted by Gasteiger charge is 2.60. The first kappa shape index (κ1) is 15.6. The summed E-state index contributed by atoms with van der Waals surface area (Å²) in [5, 5.41) is 3.01. The quantitative estimate of drug-likeness (QED) is 0.822. The summed E-state index contributed by atoms with van der Waals surface area (Å²) < 4.78 is 5.40. The summed E-state index contributed by atoms with van der Waals surface area (Å²) in [7, 11) is 0. The molecule has 1 aliphatic rings. The summed E-state index contributed by atoms with van der Waals surface area (Å²) in [6, 6.07) is 7.53. The molecule has 1 amide bonds. The third kappa shape index (κ3) is 3.46. The van der Waals surface area contributed by atoms with Gasteiger partial charge >= 0.3 is 0 Å². The second kappa shape index (κ2) is 5.92. The number of nitrogens with one attached hydrogen (secondary N) is 1. The lowest BCUT2D eigenvalue weighted by atomic mass is 10.1. The van der Waals surface area contributed by atoms with Gasteiger partial charge in [0.25, 0.3) is 0 Å². The highest BCUT2D eigenvalue weighted by molar-refractivity contribution is 5.95. The number of amides is 1. The monoisotopic (exact) mass is 287 g/mol. The minimum Gasteiger partial charge on any atom is -0.494 e. The number of hydrogen-bond acceptors (Lipinski definition) is 2. The SMILES string of the molecule is CCOc1ccc(NC(=O)C2C(C=C(C)C)C2(C)C)cc1. The molecule has 1 aromatic carbocycles. The fourth-order valence-electron chi connectivity index (χ4n) is 2.87. The molecular weight excluding hydrogens is 262 g/mol. The van der Waals surface area contributed by atoms with Crippen molar-refractivity contribution in [3.8, 4) is 5.75 Å². The first-order valence-corrected chi connectivity index (χ1v) is 7.55. The lowest BCUT2D eigenvalue weighted by molar-refractivity contribution is -0.118. The molecule has 3 heteroatoms. The summed E-state index contributed by atoms with van der Waals surface area (Å²) in [4.78, 5) is 12.4. The number of carbonyl (C=O) groups excluding carboxylic acids is 1. The van der Waals surface area contributed by atoms with Gasteiger partial charge in [0, 0.05) is 5.69 Å². The van der Waals surface area contributed by atoms with Gasteiger partial charge in [-0.05, 0) is 56.4 Å². The van der Waals surface area contributed by atoms with Crippen LogP contribution in [0.25, 0.3) is 0 Å². The Morgan fingerprint density at radius 2 is 1.90 bits per heavy atom. The zero-order valence-electron chi connectivity index (χ0n) is 13.6. The molecule has 0 saturated heterocycles. The van der Waals surface area contributed by atoms with Crippen LogP contribution in [0.5, 0.6) is 5.75 Å². The Balaban J connectivity index is 2.00. The van der Waals surface area contributed by atoms with E-state index in [9.17, 15) is 4.79 Å². The highest BCUT2D eigenvalue weighted by atomic mass is 16.5. The van der Waals surface area contributed by atoms with Gasteiger partial charge in [-0.15, -0.1) is 0 Å². The zero-order valence-corrected chi connectivity index (χ0v) is 13.6. The van der Waals surface area contributed by atoms with E-state index >= 15 is 0 Å². The van der Waals surface area contributed by atoms with Crippen molar-refractivity contribution in [3.63, 3.8) is 0 Å². The second-order valence-corrected chi connectivity index (χ2v) is 6.52. The molecule has 0 aromatic heterocycles. The average Bonchev–Trinajstić information content (AvgIpc) is 2.92. The lowest BCUT2D eigenvalue weighted by Gasteiger charge is -2.07. The topological polar surface area (TPSA) is 38.3 Å². The van der Waals surface area contributed by atoms with Gasteiger partial charge in [-0.25, -0.2) is 0 Å². The Hall–Kier alpha value is -1.77. The minimum atomic E-state index is 0.0482. The van der Waals surface area contributed by atoms with E-state index in [1.165, 1.54) is 5.57 Å². The van der Waals surface area contributed by atoms with E-state index < -0.39 is 0 Å². The molecule has 0 spiro atoms. The molecule has 21 heavy (non-hydrogen) atoms. The van der Waals surface area contributed by atoms with Crippen molar-refractivity contribution in [2.24, 2.45) is 17.3 Å². The van der Waals surface area contributed by atoms with Crippen LogP contribution < -0.4 is 10.1 Å². The van der Waals surface area contributed by atoms with Gasteiger partial charge < -0.3 is 10.1 Å². The second-order valence-electron chi connectivity index (χ2n) is 6.52. The van der Waals surface area contributed by atoms with Crippen LogP contribution in [0.15, 0.2) is 35.9 Å². The molecule has 2 atom stereocenters. The van der Waals surface area contributed by atoms with Crippen LogP contribution in [0, 0.1) is 17.3 Å². The molecule has 1 fully saturated rings. The maximum atomic E-state index is 12.4. The van der Waals surface area contributed by atoms with Gasteiger partial charge in [0.05, 0.1) is 12.5 Å². The molecular formula is C18H25NO2. The number of carbonyl (C=O) groups is 1. The Bertz CT molecular complexity index is 539. The Kier molecular flexibility index (Phi) is 4.40. The van der Waals surface area contributed by atoms with E-state index in [2.05, 4.69) is 39.1 Å². The molecule has 114 valence electrons. The van der Waals surface area contributed by atoms with E-state index in [0.29, 0.717) is 12.5 Å². The molecule has 2 rings (SSSR count). The summed E-state index contributed by atoms with van der Waals surface area (Å²) in [5.41, 5.74) is 2.14. The normalized spacial score (nSPS) is 22.3. The molecule has 0 aliphatic heterocycles. The molecule has 3 nitrogen and oxygen atoms in total. The van der Waals surface area contributed by atoms with Gasteiger partial charge in [-0.2, -0.15) is 0 Å². The van der Waals surface area contributed by atoms with Crippen molar-refractivity contribution in [2.45, 2.75) is 34.6 Å². The van der Waals surface area contributed by atoms with Crippen LogP contribution in [0.2, 0.25) is 0 Å². The van der Waals surface area contributed by atoms with E-state index in [4.69, 9.17) is 4.74 Å². The number of benzene rings is 1. The van der Waals surface area contributed by atoms with E-state index in [0.717, 1.165) is 11.4 Å². The number of allylic oxidation sites excluding steroid dienone is 2. The molecule has 2 unspecified atom stereocenters. The van der Waals surface area contributed by atoms with Crippen molar-refractivity contribution in [1.82, 2.24) is 0 Å². The lowest BCUT2D eigenvalue weighted by Crippen LogP contribution is -2.16. The molecule has 1 saturated carbocycles. The predicted octanol–water partition coefficient (Wildman–Crippen LogP) is 4.26. The standard InChI is InChI=1S/C18H25NO2/c1-6-21-14-9-7-13(8-10-14)19-17(20)16-15(11-12(2)3)18(16,4)5/h7-11,15-16H,6H2,1-5H3,(H,19,20). The number of rotatable bonds is 5. The molecule has 1 N–H and O–H groups in total. The molecule has 1 aromatic rings. The number of ether oxygens (including phenoxy) is 1. The zero-order chi connectivity index (χ0) is 15.6. The third-order valence-electron chi connectivity index (χ3n) is 4.14. The summed E-state index contributed by atoms with van der Waals surface area (Å²) in [5.74, 6) is 1.32. The van der Waals surface area contributed by atoms with Crippen LogP contribution in [0.1, 0.15) is 34.6 Å². The minimum absolute atomic E-state index is 0.0482. The molecule has 1 aliphatic carbocycles. The van der Waals surface area contributed by atoms with Crippen LogP contribution in [-0.2, 0) is 4.79 Å². The Morgan fingerprint density at radius 3 is 2.43 bits per heavy atom. The van der Waals surface area contributed by atoms with Gasteiger partial charge in [0.1, 0.15) is 5.75 Å². The van der Waals surface area contributed by atoms with Crippen LogP contribution in [0.4, 0.5) is 5.69 Å². The van der Waals surface area contributed by atoms with Crippen molar-refractivity contribution in [3.05, 3.63) is 35.9 Å². The molecule has 0 bridgehead atoms. The predicted molar refractivity (Wildman–Crippen MR) is 86.4 cm³/mol. The van der Waals surface area contributed by atoms with Gasteiger partial charge in [0.2, 0.25) is 5.91 Å². The van der Waals surface area contributed by atoms with E-state index in [-0.39, 0.29) is 17.2 Å². The maximum Gasteiger partial charge on any atom is 0.228 e. The van der Waals surface area contributed by atoms with E-state index in [1.807, 2.05) is 31.2 Å². The summed E-state index contributed by atoms with van der Waals surface area (Å²) in [6.45, 7) is 11.1. The van der Waals surface area contributed by atoms with Crippen LogP contribution in [-0.4, -0.2) is 12.5 Å². The Labute approximate surface area is 127 Å². The number of anilines is 1. The van der Waals surface area contributed by atoms with Gasteiger partial charge in [-0.1, -0.05) is 25.5 Å². The summed E-state index contributed by atoms with van der Waals surface area (Å²) in [6.07, 6.45) is 2.21. The highest BCUT2D eigenvalue weighted by Crippen LogP contribution is 2.59. The fraction of sp³-hybridized carbons (Fsp3) is 0.500. The van der Waals surface area contributed by atoms with E-state index in [1.54, 1.807) is 0 Å². The van der Waals surface area contributed by atoms with Crippen molar-refractivity contribution in [1.29, 1.82) is 0 Å². The largest absolute Gasteiger partial charge is 0.494 e. The van der Waals surface area contributed by atoms with Crippen LogP contribution >= 0.6 is 0 Å². The molecule has 0 radical (unpaired) electrons. The number of hydrogen-bond donors (Lipinski definition) is 1. The van der Waals surface area contributed by atoms with Crippen molar-refractivity contribution < 1.29 is 9.53 Å². The van der Waals surface area contributed by atoms with Crippen molar-refractivity contribution >= 4 is 11.6 Å². The van der Waals surface area contributed by atoms with Gasteiger partial charge in [-0.3, -0.25) is 4.79 Å². The smallest absolute Gasteiger partial charge is 0.228 e. The third-order valence-corrected chi connectivity index (χ3v) is 4.14. The fourth-order valence-corrected chi connectivity index (χ4v) is 2.87. The summed E-state index contributed by atoms with van der Waals surface area (Å²) >= 11 is 0. The average molecular weight is 287 g/mol. The van der Waals surface area contributed by atoms with Gasteiger partial charge in [0.15, 0.2) is 0 Å². The van der Waals surface area contributed by atoms with Crippen LogP contribution in [0.3, 0.4) is 0 Å². The Morgan fingerprint density at radius 1 is 1.29 bits per heavy atom. The first-order chi connectivity index (χ1) is 9.86.